The second-order valence-corrected chi connectivity index (χ2v) is 7.12. The molecule has 1 saturated heterocycles. The van der Waals surface area contributed by atoms with Gasteiger partial charge in [0.05, 0.1) is 30.5 Å². The number of anilines is 1. The minimum Gasteiger partial charge on any atom is -0.497 e. The normalized spacial score (nSPS) is 16.0. The number of hydrogen-bond donors (Lipinski definition) is 1. The number of likely N-dealkylation sites (tertiary alicyclic amines) is 1. The first-order valence-electron chi connectivity index (χ1n) is 9.84. The highest BCUT2D eigenvalue weighted by atomic mass is 35.5. The minimum absolute atomic E-state index is 0.0300. The molecule has 6 nitrogen and oxygen atoms in total. The van der Waals surface area contributed by atoms with Crippen molar-refractivity contribution in [2.45, 2.75) is 25.8 Å². The number of carbonyl (C=O) groups is 1. The van der Waals surface area contributed by atoms with Crippen LogP contribution >= 0.6 is 11.6 Å². The molecule has 156 valence electrons. The highest BCUT2D eigenvalue weighted by Gasteiger charge is 2.30. The van der Waals surface area contributed by atoms with E-state index in [-0.39, 0.29) is 12.1 Å². The van der Waals surface area contributed by atoms with E-state index in [1.54, 1.807) is 25.3 Å². The standard InChI is InChI=1S/C22H27ClN2O4/c1-3-28-14-15-29-21-18(23)6-4-7-19(21)24-22(26)25-13-5-8-20(25)16-9-11-17(27-2)12-10-16/h4,6-7,9-12,20H,3,5,8,13-15H2,1-2H3,(H,24,26). The fourth-order valence-corrected chi connectivity index (χ4v) is 3.70. The number of benzene rings is 2. The number of ether oxygens (including phenoxy) is 3. The molecule has 0 radical (unpaired) electrons. The molecule has 0 aliphatic carbocycles. The Labute approximate surface area is 176 Å². The first kappa shape index (κ1) is 21.3. The highest BCUT2D eigenvalue weighted by molar-refractivity contribution is 6.32. The molecule has 1 heterocycles. The van der Waals surface area contributed by atoms with E-state index in [1.165, 1.54) is 0 Å². The van der Waals surface area contributed by atoms with Crippen LogP contribution in [0.2, 0.25) is 5.02 Å². The summed E-state index contributed by atoms with van der Waals surface area (Å²) in [5.74, 6) is 1.26. The van der Waals surface area contributed by atoms with E-state index in [2.05, 4.69) is 5.32 Å². The lowest BCUT2D eigenvalue weighted by Gasteiger charge is -2.26. The summed E-state index contributed by atoms with van der Waals surface area (Å²) in [7, 11) is 1.64. The van der Waals surface area contributed by atoms with Crippen molar-refractivity contribution in [2.24, 2.45) is 0 Å². The van der Waals surface area contributed by atoms with Crippen LogP contribution in [0.5, 0.6) is 11.5 Å². The van der Waals surface area contributed by atoms with Crippen molar-refractivity contribution in [1.29, 1.82) is 0 Å². The maximum atomic E-state index is 13.0. The molecule has 1 unspecified atom stereocenters. The van der Waals surface area contributed by atoms with Crippen LogP contribution < -0.4 is 14.8 Å². The fraction of sp³-hybridized carbons (Fsp3) is 0.409. The predicted molar refractivity (Wildman–Crippen MR) is 114 cm³/mol. The van der Waals surface area contributed by atoms with Crippen LogP contribution in [0.4, 0.5) is 10.5 Å². The van der Waals surface area contributed by atoms with Gasteiger partial charge in [-0.3, -0.25) is 0 Å². The topological polar surface area (TPSA) is 60.0 Å². The van der Waals surface area contributed by atoms with Gasteiger partial charge in [-0.25, -0.2) is 4.79 Å². The average Bonchev–Trinajstić information content (AvgIpc) is 3.23. The van der Waals surface area contributed by atoms with Crippen molar-refractivity contribution < 1.29 is 19.0 Å². The molecule has 29 heavy (non-hydrogen) atoms. The molecule has 2 aromatic rings. The van der Waals surface area contributed by atoms with Crippen LogP contribution in [0.1, 0.15) is 31.4 Å². The van der Waals surface area contributed by atoms with Crippen LogP contribution in [-0.2, 0) is 4.74 Å². The number of carbonyl (C=O) groups excluding carboxylic acids is 1. The summed E-state index contributed by atoms with van der Waals surface area (Å²) in [6, 6.07) is 13.0. The Morgan fingerprint density at radius 1 is 1.21 bits per heavy atom. The van der Waals surface area contributed by atoms with Gasteiger partial charge in [-0.15, -0.1) is 0 Å². The summed E-state index contributed by atoms with van der Waals surface area (Å²) in [6.07, 6.45) is 1.88. The molecule has 0 aromatic heterocycles. The predicted octanol–water partition coefficient (Wildman–Crippen LogP) is 5.13. The summed E-state index contributed by atoms with van der Waals surface area (Å²) in [4.78, 5) is 14.9. The molecule has 3 rings (SSSR count). The second-order valence-electron chi connectivity index (χ2n) is 6.72. The molecule has 1 aliphatic rings. The Hall–Kier alpha value is -2.44. The van der Waals surface area contributed by atoms with E-state index in [0.717, 1.165) is 24.2 Å². The van der Waals surface area contributed by atoms with E-state index in [9.17, 15) is 4.79 Å². The number of nitrogens with one attached hydrogen (secondary N) is 1. The highest BCUT2D eigenvalue weighted by Crippen LogP contribution is 2.36. The van der Waals surface area contributed by atoms with Crippen LogP contribution in [0.15, 0.2) is 42.5 Å². The van der Waals surface area contributed by atoms with E-state index >= 15 is 0 Å². The molecule has 7 heteroatoms. The smallest absolute Gasteiger partial charge is 0.322 e. The first-order chi connectivity index (χ1) is 14.1. The third-order valence-corrected chi connectivity index (χ3v) is 5.20. The van der Waals surface area contributed by atoms with Gasteiger partial charge in [-0.2, -0.15) is 0 Å². The monoisotopic (exact) mass is 418 g/mol. The summed E-state index contributed by atoms with van der Waals surface area (Å²) < 4.78 is 16.3. The molecule has 0 spiro atoms. The van der Waals surface area contributed by atoms with Gasteiger partial charge in [0.2, 0.25) is 0 Å². The lowest BCUT2D eigenvalue weighted by atomic mass is 10.0. The summed E-state index contributed by atoms with van der Waals surface area (Å²) in [5, 5.41) is 3.42. The third-order valence-electron chi connectivity index (χ3n) is 4.90. The number of urea groups is 1. The van der Waals surface area contributed by atoms with Gasteiger partial charge in [-0.05, 0) is 49.6 Å². The minimum atomic E-state index is -0.166. The zero-order valence-corrected chi connectivity index (χ0v) is 17.6. The van der Waals surface area contributed by atoms with E-state index in [4.69, 9.17) is 25.8 Å². The van der Waals surface area contributed by atoms with E-state index in [1.807, 2.05) is 36.1 Å². The summed E-state index contributed by atoms with van der Waals surface area (Å²) in [6.45, 7) is 4.07. The Bertz CT molecular complexity index is 813. The van der Waals surface area contributed by atoms with Crippen LogP contribution in [0, 0.1) is 0 Å². The van der Waals surface area contributed by atoms with Gasteiger partial charge in [0.1, 0.15) is 12.4 Å². The molecular weight excluding hydrogens is 392 g/mol. The van der Waals surface area contributed by atoms with Crippen molar-refractivity contribution >= 4 is 23.3 Å². The Kier molecular flexibility index (Phi) is 7.61. The molecule has 0 bridgehead atoms. The van der Waals surface area contributed by atoms with E-state index in [0.29, 0.717) is 42.8 Å². The number of amides is 2. The first-order valence-corrected chi connectivity index (χ1v) is 10.2. The van der Waals surface area contributed by atoms with Crippen molar-refractivity contribution in [3.8, 4) is 11.5 Å². The maximum absolute atomic E-state index is 13.0. The zero-order valence-electron chi connectivity index (χ0n) is 16.8. The van der Waals surface area contributed by atoms with Gasteiger partial charge >= 0.3 is 6.03 Å². The molecular formula is C22H27ClN2O4. The number of hydrogen-bond acceptors (Lipinski definition) is 4. The van der Waals surface area contributed by atoms with Gasteiger partial charge in [0, 0.05) is 13.2 Å². The second kappa shape index (κ2) is 10.4. The number of methoxy groups -OCH3 is 1. The van der Waals surface area contributed by atoms with Gasteiger partial charge < -0.3 is 24.4 Å². The SMILES string of the molecule is CCOCCOc1c(Cl)cccc1NC(=O)N1CCCC1c1ccc(OC)cc1. The summed E-state index contributed by atoms with van der Waals surface area (Å²) >= 11 is 6.30. The molecule has 1 fully saturated rings. The van der Waals surface area contributed by atoms with Crippen molar-refractivity contribution in [3.05, 3.63) is 53.1 Å². The van der Waals surface area contributed by atoms with Crippen molar-refractivity contribution in [2.75, 3.05) is 38.8 Å². The largest absolute Gasteiger partial charge is 0.497 e. The lowest BCUT2D eigenvalue weighted by Crippen LogP contribution is -2.34. The Morgan fingerprint density at radius 2 is 2.00 bits per heavy atom. The van der Waals surface area contributed by atoms with Gasteiger partial charge in [-0.1, -0.05) is 29.8 Å². The van der Waals surface area contributed by atoms with Crippen molar-refractivity contribution in [3.63, 3.8) is 0 Å². The van der Waals surface area contributed by atoms with Crippen LogP contribution in [-0.4, -0.2) is 44.4 Å². The number of halogens is 1. The fourth-order valence-electron chi connectivity index (χ4n) is 3.47. The molecule has 0 saturated carbocycles. The van der Waals surface area contributed by atoms with E-state index < -0.39 is 0 Å². The summed E-state index contributed by atoms with van der Waals surface area (Å²) in [5.41, 5.74) is 1.65. The molecule has 1 atom stereocenters. The molecule has 1 aliphatic heterocycles. The van der Waals surface area contributed by atoms with Crippen LogP contribution in [0.3, 0.4) is 0 Å². The average molecular weight is 419 g/mol. The number of rotatable bonds is 8. The maximum Gasteiger partial charge on any atom is 0.322 e. The zero-order chi connectivity index (χ0) is 20.6. The van der Waals surface area contributed by atoms with Crippen molar-refractivity contribution in [1.82, 2.24) is 4.90 Å². The molecule has 2 aromatic carbocycles. The van der Waals surface area contributed by atoms with Crippen LogP contribution in [0.25, 0.3) is 0 Å². The quantitative estimate of drug-likeness (QED) is 0.603. The molecule has 1 N–H and O–H groups in total. The molecule has 2 amide bonds. The lowest BCUT2D eigenvalue weighted by molar-refractivity contribution is 0.110. The Balaban J connectivity index is 1.71. The Morgan fingerprint density at radius 3 is 2.72 bits per heavy atom. The van der Waals surface area contributed by atoms with Gasteiger partial charge in [0.25, 0.3) is 0 Å². The number of para-hydroxylation sites is 1. The van der Waals surface area contributed by atoms with Gasteiger partial charge in [0.15, 0.2) is 5.75 Å². The number of nitrogens with zero attached hydrogens (tertiary/aromatic N) is 1. The third kappa shape index (κ3) is 5.34.